The minimum atomic E-state index is -1.04. The van der Waals surface area contributed by atoms with Crippen molar-refractivity contribution < 1.29 is 19.1 Å². The van der Waals surface area contributed by atoms with Gasteiger partial charge in [-0.3, -0.25) is 14.9 Å². The number of rotatable bonds is 6. The smallest absolute Gasteiger partial charge is 0.321 e. The molecule has 1 rings (SSSR count). The molecule has 1 unspecified atom stereocenters. The monoisotopic (exact) mass is 416 g/mol. The van der Waals surface area contributed by atoms with Crippen LogP contribution in [0.3, 0.4) is 0 Å². The number of halogens is 1. The second kappa shape index (κ2) is 9.68. The summed E-state index contributed by atoms with van der Waals surface area (Å²) in [5.41, 5.74) is 1.04. The maximum absolute atomic E-state index is 11.8. The maximum atomic E-state index is 11.8. The van der Waals surface area contributed by atoms with Crippen molar-refractivity contribution >= 4 is 45.6 Å². The average molecular weight is 417 g/mol. The highest BCUT2D eigenvalue weighted by Crippen LogP contribution is 2.25. The molecule has 0 radical (unpaired) electrons. The molecule has 0 saturated heterocycles. The Morgan fingerprint density at radius 2 is 1.92 bits per heavy atom. The van der Waals surface area contributed by atoms with Crippen molar-refractivity contribution in [2.45, 2.75) is 44.7 Å². The van der Waals surface area contributed by atoms with Crippen molar-refractivity contribution in [3.05, 3.63) is 28.2 Å². The number of benzene rings is 1. The van der Waals surface area contributed by atoms with E-state index < -0.39 is 24.0 Å². The van der Waals surface area contributed by atoms with E-state index in [0.717, 1.165) is 14.9 Å². The summed E-state index contributed by atoms with van der Waals surface area (Å²) in [5.74, 6) is -1.10. The van der Waals surface area contributed by atoms with Crippen molar-refractivity contribution in [1.29, 1.82) is 0 Å². The molecule has 0 aliphatic carbocycles. The van der Waals surface area contributed by atoms with Gasteiger partial charge in [0.15, 0.2) is 6.10 Å². The Bertz CT molecular complexity index is 622. The summed E-state index contributed by atoms with van der Waals surface area (Å²) >= 11 is 4.71. The molecule has 132 valence electrons. The Balaban J connectivity index is 2.43. The Morgan fingerprint density at radius 1 is 1.25 bits per heavy atom. The fourth-order valence-corrected chi connectivity index (χ4v) is 2.98. The van der Waals surface area contributed by atoms with Gasteiger partial charge in [0, 0.05) is 15.4 Å². The highest BCUT2D eigenvalue weighted by molar-refractivity contribution is 9.10. The molecule has 24 heavy (non-hydrogen) atoms. The van der Waals surface area contributed by atoms with Crippen molar-refractivity contribution in [3.8, 4) is 0 Å². The number of thioether (sulfide) groups is 1. The number of hydrogen-bond acceptors (Lipinski definition) is 5. The van der Waals surface area contributed by atoms with Crippen molar-refractivity contribution in [2.75, 3.05) is 5.75 Å². The molecule has 2 N–H and O–H groups in total. The van der Waals surface area contributed by atoms with Gasteiger partial charge in [-0.25, -0.2) is 4.79 Å². The van der Waals surface area contributed by atoms with Crippen molar-refractivity contribution in [2.24, 2.45) is 0 Å². The van der Waals surface area contributed by atoms with Crippen LogP contribution in [-0.4, -0.2) is 35.8 Å². The second-order valence-electron chi connectivity index (χ2n) is 5.45. The predicted molar refractivity (Wildman–Crippen MR) is 97.0 cm³/mol. The zero-order chi connectivity index (χ0) is 18.3. The number of imide groups is 1. The van der Waals surface area contributed by atoms with Crippen LogP contribution in [0.1, 0.15) is 26.3 Å². The van der Waals surface area contributed by atoms with E-state index in [1.807, 2.05) is 25.1 Å². The van der Waals surface area contributed by atoms with Crippen LogP contribution < -0.4 is 10.6 Å². The third-order valence-corrected chi connectivity index (χ3v) is 4.46. The van der Waals surface area contributed by atoms with E-state index in [4.69, 9.17) is 4.74 Å². The molecule has 1 aromatic carbocycles. The fourth-order valence-electron chi connectivity index (χ4n) is 1.71. The van der Waals surface area contributed by atoms with Gasteiger partial charge < -0.3 is 10.1 Å². The third kappa shape index (κ3) is 7.35. The molecule has 0 bridgehead atoms. The Kier molecular flexibility index (Phi) is 8.27. The number of nitrogens with one attached hydrogen (secondary N) is 2. The first kappa shape index (κ1) is 20.5. The Morgan fingerprint density at radius 3 is 2.50 bits per heavy atom. The number of carbonyl (C=O) groups excluding carboxylic acids is 3. The minimum Gasteiger partial charge on any atom is -0.452 e. The standard InChI is InChI=1S/C16H21BrN2O4S/c1-9(2)18-16(22)19-15(21)11(4)23-14(20)8-24-13-6-5-12(17)7-10(13)3/h5-7,9,11H,8H2,1-4H3,(H2,18,19,21,22). The minimum absolute atomic E-state index is 0.0816. The second-order valence-corrected chi connectivity index (χ2v) is 7.38. The first-order valence-corrected chi connectivity index (χ1v) is 9.16. The number of carbonyl (C=O) groups is 3. The van der Waals surface area contributed by atoms with E-state index in [0.29, 0.717) is 0 Å². The summed E-state index contributed by atoms with van der Waals surface area (Å²) in [6.07, 6.45) is -1.04. The maximum Gasteiger partial charge on any atom is 0.321 e. The average Bonchev–Trinajstić information content (AvgIpc) is 2.45. The normalized spacial score (nSPS) is 11.8. The topological polar surface area (TPSA) is 84.5 Å². The fraction of sp³-hybridized carbons (Fsp3) is 0.438. The van der Waals surface area contributed by atoms with E-state index in [1.54, 1.807) is 13.8 Å². The molecule has 0 saturated carbocycles. The molecule has 3 amide bonds. The van der Waals surface area contributed by atoms with Crippen LogP contribution in [0.25, 0.3) is 0 Å². The van der Waals surface area contributed by atoms with Gasteiger partial charge >= 0.3 is 12.0 Å². The van der Waals surface area contributed by atoms with Crippen LogP contribution in [0.15, 0.2) is 27.6 Å². The molecule has 0 spiro atoms. The molecule has 0 heterocycles. The molecule has 1 atom stereocenters. The Hall–Kier alpha value is -1.54. The molecule has 0 aromatic heterocycles. The summed E-state index contributed by atoms with van der Waals surface area (Å²) in [6.45, 7) is 6.91. The summed E-state index contributed by atoms with van der Waals surface area (Å²) in [6, 6.07) is 5.05. The summed E-state index contributed by atoms with van der Waals surface area (Å²) in [4.78, 5) is 36.0. The first-order valence-electron chi connectivity index (χ1n) is 7.38. The zero-order valence-electron chi connectivity index (χ0n) is 14.0. The van der Waals surface area contributed by atoms with Gasteiger partial charge in [-0.15, -0.1) is 11.8 Å². The summed E-state index contributed by atoms with van der Waals surface area (Å²) in [7, 11) is 0. The molecule has 8 heteroatoms. The van der Waals surface area contributed by atoms with Gasteiger partial charge in [0.1, 0.15) is 0 Å². The lowest BCUT2D eigenvalue weighted by atomic mass is 10.2. The molecule has 0 aliphatic rings. The lowest BCUT2D eigenvalue weighted by Crippen LogP contribution is -2.46. The quantitative estimate of drug-likeness (QED) is 0.549. The van der Waals surface area contributed by atoms with Crippen molar-refractivity contribution in [3.63, 3.8) is 0 Å². The van der Waals surface area contributed by atoms with E-state index in [1.165, 1.54) is 18.7 Å². The molecule has 6 nitrogen and oxygen atoms in total. The van der Waals surface area contributed by atoms with E-state index >= 15 is 0 Å². The van der Waals surface area contributed by atoms with Gasteiger partial charge in [-0.1, -0.05) is 15.9 Å². The number of amides is 3. The van der Waals surface area contributed by atoms with Gasteiger partial charge in [0.2, 0.25) is 0 Å². The predicted octanol–water partition coefficient (Wildman–Crippen LogP) is 3.02. The number of hydrogen-bond donors (Lipinski definition) is 2. The Labute approximate surface area is 154 Å². The lowest BCUT2D eigenvalue weighted by molar-refractivity contribution is -0.151. The van der Waals surface area contributed by atoms with E-state index in [9.17, 15) is 14.4 Å². The molecular formula is C16H21BrN2O4S. The van der Waals surface area contributed by atoms with Crippen LogP contribution in [0.5, 0.6) is 0 Å². The van der Waals surface area contributed by atoms with Gasteiger partial charge in [-0.2, -0.15) is 0 Å². The van der Waals surface area contributed by atoms with Crippen LogP contribution in [0, 0.1) is 6.92 Å². The molecule has 0 aliphatic heterocycles. The van der Waals surface area contributed by atoms with Crippen LogP contribution >= 0.6 is 27.7 Å². The summed E-state index contributed by atoms with van der Waals surface area (Å²) < 4.78 is 6.01. The summed E-state index contributed by atoms with van der Waals surface area (Å²) in [5, 5.41) is 4.65. The highest BCUT2D eigenvalue weighted by Gasteiger charge is 2.20. The molecule has 1 aromatic rings. The van der Waals surface area contributed by atoms with Gasteiger partial charge in [-0.05, 0) is 51.5 Å². The number of ether oxygens (including phenoxy) is 1. The van der Waals surface area contributed by atoms with E-state index in [2.05, 4.69) is 26.6 Å². The first-order chi connectivity index (χ1) is 11.2. The lowest BCUT2D eigenvalue weighted by Gasteiger charge is -2.14. The van der Waals surface area contributed by atoms with Crippen molar-refractivity contribution in [1.82, 2.24) is 10.6 Å². The number of urea groups is 1. The molecular weight excluding hydrogens is 396 g/mol. The third-order valence-electron chi connectivity index (χ3n) is 2.82. The number of aryl methyl sites for hydroxylation is 1. The van der Waals surface area contributed by atoms with Crippen LogP contribution in [0.2, 0.25) is 0 Å². The van der Waals surface area contributed by atoms with Gasteiger partial charge in [0.25, 0.3) is 5.91 Å². The van der Waals surface area contributed by atoms with Crippen LogP contribution in [0.4, 0.5) is 4.79 Å². The highest BCUT2D eigenvalue weighted by atomic mass is 79.9. The van der Waals surface area contributed by atoms with Gasteiger partial charge in [0.05, 0.1) is 5.75 Å². The number of esters is 1. The largest absolute Gasteiger partial charge is 0.452 e. The van der Waals surface area contributed by atoms with E-state index in [-0.39, 0.29) is 11.8 Å². The SMILES string of the molecule is Cc1cc(Br)ccc1SCC(=O)OC(C)C(=O)NC(=O)NC(C)C. The van der Waals surface area contributed by atoms with Crippen LogP contribution in [-0.2, 0) is 14.3 Å². The molecule has 0 fully saturated rings. The zero-order valence-corrected chi connectivity index (χ0v) is 16.4.